The van der Waals surface area contributed by atoms with Crippen molar-refractivity contribution >= 4 is 0 Å². The summed E-state index contributed by atoms with van der Waals surface area (Å²) in [4.78, 5) is 4.29. The largest absolute Gasteiger partial charge is 0.375 e. The van der Waals surface area contributed by atoms with E-state index in [1.807, 2.05) is 12.4 Å². The lowest BCUT2D eigenvalue weighted by Crippen LogP contribution is -2.46. The molecule has 3 rings (SSSR count). The SMILES string of the molecule is Cc1ccncc1C(NN)C1CCOC2(CCCCC2)C1. The highest BCUT2D eigenvalue weighted by molar-refractivity contribution is 5.26. The smallest absolute Gasteiger partial charge is 0.0686 e. The molecule has 2 fully saturated rings. The second-order valence-electron chi connectivity index (χ2n) is 6.72. The van der Waals surface area contributed by atoms with E-state index in [9.17, 15) is 0 Å². The molecule has 116 valence electrons. The van der Waals surface area contributed by atoms with Crippen molar-refractivity contribution in [3.8, 4) is 0 Å². The van der Waals surface area contributed by atoms with Crippen LogP contribution in [0.25, 0.3) is 0 Å². The van der Waals surface area contributed by atoms with Crippen LogP contribution in [0.5, 0.6) is 0 Å². The molecule has 2 heterocycles. The summed E-state index contributed by atoms with van der Waals surface area (Å²) in [5, 5.41) is 0. The summed E-state index contributed by atoms with van der Waals surface area (Å²) in [6, 6.07) is 2.25. The molecule has 0 bridgehead atoms. The number of ether oxygens (including phenoxy) is 1. The van der Waals surface area contributed by atoms with Crippen molar-refractivity contribution in [1.29, 1.82) is 0 Å². The highest BCUT2D eigenvalue weighted by Crippen LogP contribution is 2.44. The van der Waals surface area contributed by atoms with Crippen LogP contribution in [0.4, 0.5) is 0 Å². The monoisotopic (exact) mass is 289 g/mol. The number of nitrogens with two attached hydrogens (primary N) is 1. The Balaban J connectivity index is 1.79. The van der Waals surface area contributed by atoms with E-state index < -0.39 is 0 Å². The number of nitrogens with zero attached hydrogens (tertiary/aromatic N) is 1. The van der Waals surface area contributed by atoms with Crippen molar-refractivity contribution < 1.29 is 4.74 Å². The summed E-state index contributed by atoms with van der Waals surface area (Å²) < 4.78 is 6.21. The van der Waals surface area contributed by atoms with Crippen molar-refractivity contribution in [1.82, 2.24) is 10.4 Å². The number of aryl methyl sites for hydroxylation is 1. The first-order valence-corrected chi connectivity index (χ1v) is 8.25. The molecule has 1 saturated carbocycles. The lowest BCUT2D eigenvalue weighted by Gasteiger charge is -2.45. The summed E-state index contributed by atoms with van der Waals surface area (Å²) in [5.41, 5.74) is 5.67. The molecule has 1 aromatic rings. The summed E-state index contributed by atoms with van der Waals surface area (Å²) in [7, 11) is 0. The minimum Gasteiger partial charge on any atom is -0.375 e. The van der Waals surface area contributed by atoms with E-state index in [-0.39, 0.29) is 11.6 Å². The van der Waals surface area contributed by atoms with Crippen LogP contribution >= 0.6 is 0 Å². The molecule has 1 saturated heterocycles. The number of nitrogens with one attached hydrogen (secondary N) is 1. The van der Waals surface area contributed by atoms with Gasteiger partial charge in [0.05, 0.1) is 11.6 Å². The predicted octanol–water partition coefficient (Wildman–Crippen LogP) is 3.02. The second-order valence-corrected chi connectivity index (χ2v) is 6.72. The fourth-order valence-corrected chi connectivity index (χ4v) is 4.18. The second kappa shape index (κ2) is 6.42. The zero-order chi connectivity index (χ0) is 14.7. The third-order valence-electron chi connectivity index (χ3n) is 5.36. The maximum absolute atomic E-state index is 6.21. The molecule has 2 atom stereocenters. The molecule has 1 aliphatic heterocycles. The van der Waals surface area contributed by atoms with E-state index in [0.29, 0.717) is 5.92 Å². The lowest BCUT2D eigenvalue weighted by atomic mass is 9.73. The van der Waals surface area contributed by atoms with Gasteiger partial charge in [-0.15, -0.1) is 0 Å². The molecule has 2 aliphatic rings. The van der Waals surface area contributed by atoms with Crippen molar-refractivity contribution in [2.24, 2.45) is 11.8 Å². The molecule has 2 unspecified atom stereocenters. The first kappa shape index (κ1) is 14.9. The van der Waals surface area contributed by atoms with Gasteiger partial charge in [-0.05, 0) is 55.7 Å². The maximum Gasteiger partial charge on any atom is 0.0686 e. The van der Waals surface area contributed by atoms with Gasteiger partial charge >= 0.3 is 0 Å². The average Bonchev–Trinajstić information content (AvgIpc) is 2.51. The third-order valence-corrected chi connectivity index (χ3v) is 5.36. The number of rotatable bonds is 3. The van der Waals surface area contributed by atoms with Crippen LogP contribution in [0.2, 0.25) is 0 Å². The minimum absolute atomic E-state index is 0.117. The lowest BCUT2D eigenvalue weighted by molar-refractivity contribution is -0.122. The minimum atomic E-state index is 0.117. The molecule has 4 nitrogen and oxygen atoms in total. The van der Waals surface area contributed by atoms with Gasteiger partial charge in [-0.2, -0.15) is 0 Å². The van der Waals surface area contributed by atoms with Gasteiger partial charge < -0.3 is 4.74 Å². The van der Waals surface area contributed by atoms with E-state index in [1.165, 1.54) is 43.2 Å². The van der Waals surface area contributed by atoms with Crippen LogP contribution in [0.15, 0.2) is 18.5 Å². The molecule has 0 amide bonds. The maximum atomic E-state index is 6.21. The molecule has 21 heavy (non-hydrogen) atoms. The van der Waals surface area contributed by atoms with Crippen molar-refractivity contribution in [3.05, 3.63) is 29.6 Å². The Morgan fingerprint density at radius 3 is 2.90 bits per heavy atom. The van der Waals surface area contributed by atoms with Crippen LogP contribution in [0.3, 0.4) is 0 Å². The highest BCUT2D eigenvalue weighted by Gasteiger charge is 2.41. The van der Waals surface area contributed by atoms with Gasteiger partial charge in [0.2, 0.25) is 0 Å². The predicted molar refractivity (Wildman–Crippen MR) is 83.5 cm³/mol. The zero-order valence-electron chi connectivity index (χ0n) is 13.0. The Morgan fingerprint density at radius 2 is 2.19 bits per heavy atom. The molecule has 1 aromatic heterocycles. The Kier molecular flexibility index (Phi) is 4.57. The Labute approximate surface area is 127 Å². The summed E-state index contributed by atoms with van der Waals surface area (Å²) in [6.07, 6.45) is 12.4. The van der Waals surface area contributed by atoms with Gasteiger partial charge in [0.15, 0.2) is 0 Å². The summed E-state index contributed by atoms with van der Waals surface area (Å²) >= 11 is 0. The fourth-order valence-electron chi connectivity index (χ4n) is 4.18. The number of pyridine rings is 1. The number of aromatic nitrogens is 1. The first-order valence-electron chi connectivity index (χ1n) is 8.25. The third kappa shape index (κ3) is 3.12. The van der Waals surface area contributed by atoms with Crippen molar-refractivity contribution in [2.45, 2.75) is 63.5 Å². The van der Waals surface area contributed by atoms with Crippen LogP contribution < -0.4 is 11.3 Å². The number of hydrogen-bond acceptors (Lipinski definition) is 4. The molecule has 0 aromatic carbocycles. The Morgan fingerprint density at radius 1 is 1.38 bits per heavy atom. The van der Waals surface area contributed by atoms with Crippen molar-refractivity contribution in [2.75, 3.05) is 6.61 Å². The normalized spacial score (nSPS) is 26.7. The van der Waals surface area contributed by atoms with Crippen LogP contribution in [0.1, 0.15) is 62.1 Å². The van der Waals surface area contributed by atoms with Crippen molar-refractivity contribution in [3.63, 3.8) is 0 Å². The van der Waals surface area contributed by atoms with E-state index >= 15 is 0 Å². The summed E-state index contributed by atoms with van der Waals surface area (Å²) in [5.74, 6) is 6.44. The molecule has 3 N–H and O–H groups in total. The van der Waals surface area contributed by atoms with Gasteiger partial charge in [0, 0.05) is 19.0 Å². The van der Waals surface area contributed by atoms with Gasteiger partial charge in [-0.1, -0.05) is 19.3 Å². The summed E-state index contributed by atoms with van der Waals surface area (Å²) in [6.45, 7) is 3.00. The molecule has 4 heteroatoms. The van der Waals surface area contributed by atoms with E-state index in [2.05, 4.69) is 23.4 Å². The quantitative estimate of drug-likeness (QED) is 0.663. The van der Waals surface area contributed by atoms with Gasteiger partial charge in [-0.3, -0.25) is 16.3 Å². The van der Waals surface area contributed by atoms with E-state index in [0.717, 1.165) is 19.4 Å². The fraction of sp³-hybridized carbons (Fsp3) is 0.706. The topological polar surface area (TPSA) is 60.2 Å². The van der Waals surface area contributed by atoms with E-state index in [4.69, 9.17) is 10.6 Å². The molecule has 0 radical (unpaired) electrons. The van der Waals surface area contributed by atoms with Crippen LogP contribution in [-0.4, -0.2) is 17.2 Å². The molecular weight excluding hydrogens is 262 g/mol. The standard InChI is InChI=1S/C17H27N3O/c1-13-5-9-19-12-15(13)16(20-18)14-6-10-21-17(11-14)7-3-2-4-8-17/h5,9,12,14,16,20H,2-4,6-8,10-11,18H2,1H3. The highest BCUT2D eigenvalue weighted by atomic mass is 16.5. The van der Waals surface area contributed by atoms with Crippen LogP contribution in [0, 0.1) is 12.8 Å². The molecule has 1 aliphatic carbocycles. The number of hydrazine groups is 1. The van der Waals surface area contributed by atoms with Crippen LogP contribution in [-0.2, 0) is 4.74 Å². The van der Waals surface area contributed by atoms with Gasteiger partial charge in [0.1, 0.15) is 0 Å². The average molecular weight is 289 g/mol. The molecular formula is C17H27N3O. The van der Waals surface area contributed by atoms with Gasteiger partial charge in [0.25, 0.3) is 0 Å². The zero-order valence-corrected chi connectivity index (χ0v) is 13.0. The first-order chi connectivity index (χ1) is 10.2. The van der Waals surface area contributed by atoms with Gasteiger partial charge in [-0.25, -0.2) is 0 Å². The Bertz CT molecular complexity index is 465. The van der Waals surface area contributed by atoms with E-state index in [1.54, 1.807) is 0 Å². The number of hydrogen-bond donors (Lipinski definition) is 2. The Hall–Kier alpha value is -0.970. The molecule has 1 spiro atoms.